The molecule has 0 saturated heterocycles. The number of hydrogen-bond donors (Lipinski definition) is 1. The number of amides is 1. The Morgan fingerprint density at radius 3 is 2.84 bits per heavy atom. The number of nitrogens with zero attached hydrogens (tertiary/aromatic N) is 1. The molecule has 0 radical (unpaired) electrons. The summed E-state index contributed by atoms with van der Waals surface area (Å²) >= 11 is 1.19. The largest absolute Gasteiger partial charge is 0.474 e. The molecule has 0 atom stereocenters. The predicted octanol–water partition coefficient (Wildman–Crippen LogP) is 3.95. The minimum Gasteiger partial charge on any atom is -0.474 e. The van der Waals surface area contributed by atoms with Crippen LogP contribution in [0.2, 0.25) is 0 Å². The van der Waals surface area contributed by atoms with E-state index in [9.17, 15) is 9.18 Å². The van der Waals surface area contributed by atoms with E-state index in [0.717, 1.165) is 18.4 Å². The van der Waals surface area contributed by atoms with Gasteiger partial charge in [-0.1, -0.05) is 18.2 Å². The van der Waals surface area contributed by atoms with E-state index in [2.05, 4.69) is 10.3 Å². The first-order valence-corrected chi connectivity index (χ1v) is 9.45. The summed E-state index contributed by atoms with van der Waals surface area (Å²) in [6, 6.07) is 10.2. The Balaban J connectivity index is 1.51. The van der Waals surface area contributed by atoms with E-state index in [0.29, 0.717) is 17.3 Å². The summed E-state index contributed by atoms with van der Waals surface area (Å²) in [6.45, 7) is 0.354. The van der Waals surface area contributed by atoms with E-state index in [-0.39, 0.29) is 23.6 Å². The Morgan fingerprint density at radius 2 is 2.04 bits per heavy atom. The third-order valence-electron chi connectivity index (χ3n) is 4.10. The van der Waals surface area contributed by atoms with Gasteiger partial charge in [-0.05, 0) is 43.9 Å². The molecule has 0 spiro atoms. The number of benzene rings is 1. The molecule has 3 rings (SSSR count). The summed E-state index contributed by atoms with van der Waals surface area (Å²) < 4.78 is 19.5. The summed E-state index contributed by atoms with van der Waals surface area (Å²) in [5.41, 5.74) is 0.860. The minimum absolute atomic E-state index is 0.149. The van der Waals surface area contributed by atoms with Gasteiger partial charge in [-0.3, -0.25) is 4.79 Å². The third kappa shape index (κ3) is 5.19. The number of ether oxygens (including phenoxy) is 1. The second-order valence-corrected chi connectivity index (χ2v) is 7.00. The van der Waals surface area contributed by atoms with Gasteiger partial charge in [0.15, 0.2) is 0 Å². The molecule has 1 amide bonds. The highest BCUT2D eigenvalue weighted by Gasteiger charge is 2.18. The second kappa shape index (κ2) is 8.85. The Morgan fingerprint density at radius 1 is 1.24 bits per heavy atom. The zero-order chi connectivity index (χ0) is 17.5. The number of aromatic nitrogens is 1. The van der Waals surface area contributed by atoms with Crippen molar-refractivity contribution in [1.29, 1.82) is 0 Å². The van der Waals surface area contributed by atoms with Crippen molar-refractivity contribution in [2.24, 2.45) is 0 Å². The van der Waals surface area contributed by atoms with Crippen molar-refractivity contribution in [3.8, 4) is 5.88 Å². The highest BCUT2D eigenvalue weighted by atomic mass is 32.2. The summed E-state index contributed by atoms with van der Waals surface area (Å²) in [4.78, 5) is 16.8. The van der Waals surface area contributed by atoms with Gasteiger partial charge < -0.3 is 10.1 Å². The smallest absolute Gasteiger partial charge is 0.230 e. The van der Waals surface area contributed by atoms with Crippen LogP contribution in [0.4, 0.5) is 4.39 Å². The van der Waals surface area contributed by atoms with Crippen molar-refractivity contribution in [2.45, 2.75) is 43.2 Å². The van der Waals surface area contributed by atoms with E-state index < -0.39 is 0 Å². The van der Waals surface area contributed by atoms with Crippen molar-refractivity contribution in [3.05, 3.63) is 54.0 Å². The van der Waals surface area contributed by atoms with Gasteiger partial charge in [-0.25, -0.2) is 9.37 Å². The molecule has 1 aliphatic rings. The maximum Gasteiger partial charge on any atom is 0.230 e. The number of carbonyl (C=O) groups excluding carboxylic acids is 1. The fourth-order valence-electron chi connectivity index (χ4n) is 2.78. The Kier molecular flexibility index (Phi) is 6.28. The molecule has 1 fully saturated rings. The lowest BCUT2D eigenvalue weighted by molar-refractivity contribution is -0.118. The lowest BCUT2D eigenvalue weighted by Crippen LogP contribution is -2.25. The van der Waals surface area contributed by atoms with E-state index >= 15 is 0 Å². The first-order valence-electron chi connectivity index (χ1n) is 8.47. The molecule has 1 N–H and O–H groups in total. The SMILES string of the molecule is O=C(CSc1ccccc1F)NCc1cccnc1OC1CCCC1. The van der Waals surface area contributed by atoms with Gasteiger partial charge in [0, 0.05) is 23.2 Å². The molecule has 2 aromatic rings. The van der Waals surface area contributed by atoms with Crippen molar-refractivity contribution >= 4 is 17.7 Å². The van der Waals surface area contributed by atoms with E-state index in [4.69, 9.17) is 4.74 Å². The molecule has 0 bridgehead atoms. The fraction of sp³-hybridized carbons (Fsp3) is 0.368. The van der Waals surface area contributed by atoms with Crippen LogP contribution in [-0.4, -0.2) is 22.7 Å². The van der Waals surface area contributed by atoms with E-state index in [1.165, 1.54) is 30.7 Å². The Hall–Kier alpha value is -2.08. The number of halogens is 1. The maximum atomic E-state index is 13.6. The summed E-state index contributed by atoms with van der Waals surface area (Å²) in [5, 5.41) is 2.85. The van der Waals surface area contributed by atoms with Crippen LogP contribution in [-0.2, 0) is 11.3 Å². The van der Waals surface area contributed by atoms with Crippen molar-refractivity contribution in [1.82, 2.24) is 10.3 Å². The molecule has 25 heavy (non-hydrogen) atoms. The highest BCUT2D eigenvalue weighted by molar-refractivity contribution is 8.00. The maximum absolute atomic E-state index is 13.6. The van der Waals surface area contributed by atoms with Gasteiger partial charge >= 0.3 is 0 Å². The molecule has 0 aliphatic heterocycles. The predicted molar refractivity (Wildman–Crippen MR) is 96.1 cm³/mol. The van der Waals surface area contributed by atoms with Crippen LogP contribution in [0.25, 0.3) is 0 Å². The lowest BCUT2D eigenvalue weighted by Gasteiger charge is -2.15. The zero-order valence-corrected chi connectivity index (χ0v) is 14.7. The number of rotatable bonds is 7. The number of nitrogens with one attached hydrogen (secondary N) is 1. The molecule has 132 valence electrons. The molecule has 1 heterocycles. The van der Waals surface area contributed by atoms with Crippen LogP contribution in [0.1, 0.15) is 31.2 Å². The molecule has 0 unspecified atom stereocenters. The van der Waals surface area contributed by atoms with Crippen LogP contribution in [0, 0.1) is 5.82 Å². The summed E-state index contributed by atoms with van der Waals surface area (Å²) in [5.74, 6) is 0.306. The number of thioether (sulfide) groups is 1. The monoisotopic (exact) mass is 360 g/mol. The quantitative estimate of drug-likeness (QED) is 0.760. The Bertz CT molecular complexity index is 720. The second-order valence-electron chi connectivity index (χ2n) is 5.99. The fourth-order valence-corrected chi connectivity index (χ4v) is 3.55. The van der Waals surface area contributed by atoms with Crippen LogP contribution in [0.15, 0.2) is 47.5 Å². The Labute approximate surface area is 151 Å². The van der Waals surface area contributed by atoms with Gasteiger partial charge in [0.25, 0.3) is 0 Å². The molecule has 1 aromatic carbocycles. The molecule has 1 saturated carbocycles. The topological polar surface area (TPSA) is 51.2 Å². The number of carbonyl (C=O) groups is 1. The first kappa shape index (κ1) is 17.7. The van der Waals surface area contributed by atoms with Crippen LogP contribution >= 0.6 is 11.8 Å². The lowest BCUT2D eigenvalue weighted by atomic mass is 10.2. The normalized spacial score (nSPS) is 14.4. The highest BCUT2D eigenvalue weighted by Crippen LogP contribution is 2.25. The van der Waals surface area contributed by atoms with Crippen LogP contribution in [0.3, 0.4) is 0 Å². The van der Waals surface area contributed by atoms with Crippen LogP contribution in [0.5, 0.6) is 5.88 Å². The van der Waals surface area contributed by atoms with Crippen molar-refractivity contribution in [3.63, 3.8) is 0 Å². The first-order chi connectivity index (χ1) is 12.2. The van der Waals surface area contributed by atoms with Gasteiger partial charge in [-0.2, -0.15) is 0 Å². The molecule has 6 heteroatoms. The average molecular weight is 360 g/mol. The van der Waals surface area contributed by atoms with Crippen LogP contribution < -0.4 is 10.1 Å². The third-order valence-corrected chi connectivity index (χ3v) is 5.15. The van der Waals surface area contributed by atoms with E-state index in [1.807, 2.05) is 12.1 Å². The van der Waals surface area contributed by atoms with Crippen molar-refractivity contribution in [2.75, 3.05) is 5.75 Å². The van der Waals surface area contributed by atoms with Gasteiger partial charge in [0.1, 0.15) is 11.9 Å². The average Bonchev–Trinajstić information content (AvgIpc) is 3.13. The zero-order valence-electron chi connectivity index (χ0n) is 13.9. The number of hydrogen-bond acceptors (Lipinski definition) is 4. The summed E-state index contributed by atoms with van der Waals surface area (Å²) in [6.07, 6.45) is 6.42. The molecular formula is C19H21FN2O2S. The minimum atomic E-state index is -0.306. The molecule has 4 nitrogen and oxygen atoms in total. The molecular weight excluding hydrogens is 339 g/mol. The van der Waals surface area contributed by atoms with Crippen molar-refractivity contribution < 1.29 is 13.9 Å². The van der Waals surface area contributed by atoms with Gasteiger partial charge in [0.2, 0.25) is 11.8 Å². The van der Waals surface area contributed by atoms with Gasteiger partial charge in [0.05, 0.1) is 5.75 Å². The van der Waals surface area contributed by atoms with Gasteiger partial charge in [-0.15, -0.1) is 11.8 Å². The summed E-state index contributed by atoms with van der Waals surface area (Å²) in [7, 11) is 0. The molecule has 1 aromatic heterocycles. The number of pyridine rings is 1. The standard InChI is InChI=1S/C19H21FN2O2S/c20-16-9-3-4-10-17(16)25-13-18(23)22-12-14-6-5-11-21-19(14)24-15-7-1-2-8-15/h3-6,9-11,15H,1-2,7-8,12-13H2,(H,22,23). The van der Waals surface area contributed by atoms with E-state index in [1.54, 1.807) is 24.4 Å². The molecule has 1 aliphatic carbocycles.